The van der Waals surface area contributed by atoms with E-state index in [0.717, 1.165) is 82.0 Å². The number of phenols is 3. The van der Waals surface area contributed by atoms with Gasteiger partial charge in [-0.05, 0) is 146 Å². The summed E-state index contributed by atoms with van der Waals surface area (Å²) in [4.78, 5) is 122. The van der Waals surface area contributed by atoms with Gasteiger partial charge in [0, 0.05) is 67.6 Å². The minimum Gasteiger partial charge on any atom is -0.508 e. The van der Waals surface area contributed by atoms with E-state index in [1.54, 1.807) is 32.0 Å². The van der Waals surface area contributed by atoms with E-state index in [9.17, 15) is 75.7 Å². The fraction of sp³-hybridized carbons (Fsp3) is 0.422. The number of carbonyl (C=O) groups excluding carboxylic acids is 7. The van der Waals surface area contributed by atoms with Gasteiger partial charge in [-0.15, -0.1) is 11.3 Å². The average molecular weight is 1850 g/mol. The normalized spacial score (nSPS) is 29.6. The Morgan fingerprint density at radius 3 is 1.91 bits per heavy atom. The van der Waals surface area contributed by atoms with E-state index in [1.165, 1.54) is 44.4 Å². The minimum atomic E-state index is -2.43. The Morgan fingerprint density at radius 1 is 0.651 bits per heavy atom. The third kappa shape index (κ3) is 20.5. The molecule has 38 nitrogen and oxygen atoms in total. The van der Waals surface area contributed by atoms with Crippen LogP contribution in [0.15, 0.2) is 109 Å². The second kappa shape index (κ2) is 39.0. The predicted octanol–water partition coefficient (Wildman–Crippen LogP) is 2.76. The van der Waals surface area contributed by atoms with Crippen molar-refractivity contribution in [2.75, 3.05) is 20.2 Å². The number of benzene rings is 6. The maximum absolute atomic E-state index is 16.4. The van der Waals surface area contributed by atoms with Crippen molar-refractivity contribution in [3.8, 4) is 67.6 Å². The molecule has 9 heterocycles. The van der Waals surface area contributed by atoms with E-state index in [4.69, 9.17) is 95.8 Å². The molecular weight excluding hydrogens is 1760 g/mol. The summed E-state index contributed by atoms with van der Waals surface area (Å²) in [7, 11) is 1.46. The van der Waals surface area contributed by atoms with Crippen molar-refractivity contribution in [1.82, 2.24) is 42.5 Å². The molecule has 3 saturated heterocycles. The van der Waals surface area contributed by atoms with Crippen LogP contribution in [0.1, 0.15) is 110 Å². The summed E-state index contributed by atoms with van der Waals surface area (Å²) in [5.41, 5.74) is 8.73. The lowest BCUT2D eigenvalue weighted by atomic mass is 9.86. The van der Waals surface area contributed by atoms with Gasteiger partial charge in [0.1, 0.15) is 120 Å². The number of hydrogen-bond donors (Lipinski definition) is 22. The molecule has 5 unspecified atom stereocenters. The second-order valence-electron chi connectivity index (χ2n) is 31.9. The number of likely N-dealkylation sites (N-methyl/N-ethyl adjacent to an activating group) is 1. The molecule has 8 aliphatic heterocycles. The first-order valence-corrected chi connectivity index (χ1v) is 41.9. The van der Waals surface area contributed by atoms with E-state index < -0.39 is 284 Å². The van der Waals surface area contributed by atoms with E-state index in [2.05, 4.69) is 42.5 Å². The second-order valence-corrected chi connectivity index (χ2v) is 34.8. The van der Waals surface area contributed by atoms with E-state index >= 15 is 24.0 Å². The van der Waals surface area contributed by atoms with Crippen molar-refractivity contribution >= 4 is 105 Å². The first-order chi connectivity index (χ1) is 59.7. The molecule has 23 atom stereocenters. The molecule has 1 aromatic heterocycles. The van der Waals surface area contributed by atoms with Gasteiger partial charge < -0.3 is 153 Å². The van der Waals surface area contributed by atoms with E-state index in [1.807, 2.05) is 12.1 Å². The van der Waals surface area contributed by atoms with Gasteiger partial charge in [0.15, 0.2) is 30.1 Å². The highest BCUT2D eigenvalue weighted by Gasteiger charge is 2.53. The molecular formula is C83H92Cl4N10O28S. The van der Waals surface area contributed by atoms with Gasteiger partial charge in [-0.25, -0.2) is 4.79 Å². The maximum Gasteiger partial charge on any atom is 0.330 e. The van der Waals surface area contributed by atoms with Crippen LogP contribution in [-0.4, -0.2) is 238 Å². The molecule has 24 N–H and O–H groups in total. The number of rotatable bonds is 20. The average Bonchev–Trinajstić information content (AvgIpc) is 0.814. The summed E-state index contributed by atoms with van der Waals surface area (Å²) in [6, 6.07) is 7.69. The van der Waals surface area contributed by atoms with Gasteiger partial charge in [-0.2, -0.15) is 0 Å². The molecule has 0 spiro atoms. The lowest BCUT2D eigenvalue weighted by Crippen LogP contribution is -2.65. The summed E-state index contributed by atoms with van der Waals surface area (Å²) < 4.78 is 51.2. The van der Waals surface area contributed by atoms with Crippen LogP contribution in [0, 0.1) is 5.92 Å². The minimum absolute atomic E-state index is 0.132. The van der Waals surface area contributed by atoms with E-state index in [-0.39, 0.29) is 43.0 Å². The van der Waals surface area contributed by atoms with Gasteiger partial charge >= 0.3 is 5.97 Å². The number of nitrogens with two attached hydrogens (primary N) is 2. The molecule has 43 heteroatoms. The largest absolute Gasteiger partial charge is 0.508 e. The summed E-state index contributed by atoms with van der Waals surface area (Å²) in [6.07, 6.45) is -29.2. The molecule has 0 aliphatic carbocycles. The number of carboxylic acid groups (broad SMARTS) is 1. The summed E-state index contributed by atoms with van der Waals surface area (Å²) in [5.74, 6) is -16.7. The molecule has 3 fully saturated rings. The standard InChI is InChI=1S/C83H92Cl4N10O28S/c1-30(2)14-45(90-5)74(110)96-62-64(103)33-7-11-49(43(86)18-33)119-51-20-36-21-52(71(51)124-82-69(108)67(106)72(54(29-98)122-82)125-81-68(107)66(105)65(104)53(121-81)28-91-27-40-9-13-55(126-40)35-15-37(84)22-38(85)16-35)120-50-12-8-34(19-44(50)87)70(123-57-26-83(4,89)73(109)31(3)118-57)63-79(115)95-61(80(116)117)42-23-39(99)24-48(101)58(42)41-17-32(6-10-47(41)100)59(76(112)97-63)94-77(113)60(36)93-75(111)46(25-56(88)102)92-78(62)114/h6-13,15-24,30-31,45-46,53-54,57,59-70,72-73,81-82,90-91,98-101,103-109H,14,25-29,89H2,1-5H3,(H2,88,102)(H,92,114)(H,93,111)(H,94,113)(H,95,115)(H,96,110)(H,97,112)(H,116,117)/t31-,45+,46?,53+,54+,57?,59?,60+,61?,62?,63-,64+,65-,66-,67+,68+,69+,70+,72+,73-,81-,82-,83-/m0/s1. The fourth-order valence-corrected chi connectivity index (χ4v) is 17.6. The highest BCUT2D eigenvalue weighted by Crippen LogP contribution is 2.51. The number of ether oxygens (including phenoxy) is 8. The number of aliphatic carboxylic acids is 1. The van der Waals surface area contributed by atoms with Crippen molar-refractivity contribution in [1.29, 1.82) is 0 Å². The number of fused-ring (bicyclic) bond motifs is 15. The van der Waals surface area contributed by atoms with Gasteiger partial charge in [0.2, 0.25) is 53.4 Å². The van der Waals surface area contributed by atoms with Crippen LogP contribution in [0.3, 0.4) is 0 Å². The number of thiophene rings is 1. The Labute approximate surface area is 741 Å². The Morgan fingerprint density at radius 2 is 1.28 bits per heavy atom. The molecule has 126 heavy (non-hydrogen) atoms. The van der Waals surface area contributed by atoms with Crippen molar-refractivity contribution in [3.63, 3.8) is 0 Å². The van der Waals surface area contributed by atoms with Crippen LogP contribution in [0.25, 0.3) is 21.6 Å². The first-order valence-electron chi connectivity index (χ1n) is 39.6. The SMILES string of the molecule is CN[C@H](CC(C)C)C(=O)NC1C(=O)NC(CC(N)=O)C(=O)N[C@H]2C(=O)NC3C(=O)N[C@H](C(=O)NC(C(=O)O)c4cc(O)cc(O)c4-c4cc3ccc4O)[C@H](OC3C[C@](C)(N)[C@@H](O)[C@H](C)O3)c3ccc(c(Cl)c3)Oc3cc2cc(c3O[C@@H]2O[C@H](CO)[C@@H](O[C@@H]3O[C@H](CNCc4ccc(-c5cc(Cl)cc(Cl)c5)s4)[C@H](O)[C@H](O)[C@H]3O)[C@H](O)[C@H]2O)Oc2ccc(cc2Cl)[C@H]1O. The molecule has 11 bridgehead atoms. The highest BCUT2D eigenvalue weighted by atomic mass is 35.5. The van der Waals surface area contributed by atoms with Crippen LogP contribution in [0.5, 0.6) is 46.0 Å². The fourth-order valence-electron chi connectivity index (χ4n) is 15.7. The molecule has 7 aromatic rings. The summed E-state index contributed by atoms with van der Waals surface area (Å²) >= 11 is 28.4. The van der Waals surface area contributed by atoms with Crippen molar-refractivity contribution in [2.45, 2.75) is 193 Å². The number of aliphatic hydroxyl groups excluding tert-OH is 8. The quantitative estimate of drug-likeness (QED) is 0.0521. The third-order valence-electron chi connectivity index (χ3n) is 22.1. The van der Waals surface area contributed by atoms with Crippen LogP contribution in [-0.2, 0) is 68.6 Å². The van der Waals surface area contributed by atoms with Crippen LogP contribution in [0.2, 0.25) is 20.1 Å². The van der Waals surface area contributed by atoms with E-state index in [0.29, 0.717) is 10.0 Å². The summed E-state index contributed by atoms with van der Waals surface area (Å²) in [6.45, 7) is 5.41. The van der Waals surface area contributed by atoms with Gasteiger partial charge in [0.05, 0.1) is 41.3 Å². The molecule has 6 aromatic carbocycles. The number of nitrogens with one attached hydrogen (secondary N) is 8. The van der Waals surface area contributed by atoms with Crippen LogP contribution >= 0.6 is 57.7 Å². The number of aliphatic hydroxyl groups is 8. The Hall–Kier alpha value is -9.90. The molecule has 0 radical (unpaired) electrons. The van der Waals surface area contributed by atoms with Gasteiger partial charge in [-0.3, -0.25) is 33.6 Å². The Kier molecular flexibility index (Phi) is 29.0. The zero-order chi connectivity index (χ0) is 91.1. The smallest absolute Gasteiger partial charge is 0.330 e. The van der Waals surface area contributed by atoms with Gasteiger partial charge in [-0.1, -0.05) is 78.5 Å². The van der Waals surface area contributed by atoms with Crippen molar-refractivity contribution in [2.24, 2.45) is 17.4 Å². The van der Waals surface area contributed by atoms with Crippen LogP contribution in [0.4, 0.5) is 0 Å². The Bertz CT molecular complexity index is 5290. The number of carbonyl (C=O) groups is 8. The van der Waals surface area contributed by atoms with Crippen LogP contribution < -0.4 is 68.2 Å². The molecule has 8 aliphatic rings. The summed E-state index contributed by atoms with van der Waals surface area (Å²) in [5, 5.41) is 160. The molecule has 7 amide bonds. The highest BCUT2D eigenvalue weighted by molar-refractivity contribution is 7.15. The monoisotopic (exact) mass is 1850 g/mol. The zero-order valence-corrected chi connectivity index (χ0v) is 71.2. The molecule has 676 valence electrons. The third-order valence-corrected chi connectivity index (χ3v) is 24.3. The number of phenolic OH excluding ortho intramolecular Hbond substituents is 3. The number of aromatic hydroxyl groups is 3. The number of hydrogen-bond acceptors (Lipinski definition) is 31. The zero-order valence-electron chi connectivity index (χ0n) is 67.4. The number of primary amides is 1. The molecule has 0 saturated carbocycles. The number of carboxylic acids is 1. The number of amides is 7. The maximum atomic E-state index is 16.4. The predicted molar refractivity (Wildman–Crippen MR) is 446 cm³/mol. The first kappa shape index (κ1) is 93.7. The molecule has 15 rings (SSSR count). The van der Waals surface area contributed by atoms with Gasteiger partial charge in [0.25, 0.3) is 0 Å². The lowest BCUT2D eigenvalue weighted by Gasteiger charge is -2.46. The van der Waals surface area contributed by atoms with Crippen molar-refractivity contribution in [3.05, 3.63) is 162 Å². The lowest BCUT2D eigenvalue weighted by molar-refractivity contribution is -0.350. The van der Waals surface area contributed by atoms with Crippen molar-refractivity contribution < 1.29 is 138 Å². The number of halogens is 4. The topological polar surface area (TPSA) is 601 Å². The Balaban J connectivity index is 0.964.